The number of aliphatic hydroxyl groups excluding tert-OH is 2. The first-order valence-corrected chi connectivity index (χ1v) is 12.4. The van der Waals surface area contributed by atoms with Gasteiger partial charge in [-0.3, -0.25) is 9.59 Å². The second-order valence-corrected chi connectivity index (χ2v) is 9.34. The van der Waals surface area contributed by atoms with Crippen LogP contribution in [0.4, 0.5) is 5.69 Å². The van der Waals surface area contributed by atoms with Crippen molar-refractivity contribution in [1.29, 1.82) is 0 Å². The molecule has 1 saturated heterocycles. The summed E-state index contributed by atoms with van der Waals surface area (Å²) in [6, 6.07) is 14.8. The topological polar surface area (TPSA) is 125 Å². The fourth-order valence-electron chi connectivity index (χ4n) is 3.78. The molecule has 0 aliphatic carbocycles. The van der Waals surface area contributed by atoms with Crippen molar-refractivity contribution in [3.05, 3.63) is 65.2 Å². The molecule has 4 N–H and O–H groups in total. The predicted octanol–water partition coefficient (Wildman–Crippen LogP) is 3.50. The van der Waals surface area contributed by atoms with Crippen LogP contribution >= 0.6 is 11.8 Å². The zero-order valence-electron chi connectivity index (χ0n) is 19.1. The molecule has 1 fully saturated rings. The first-order chi connectivity index (χ1) is 16.4. The summed E-state index contributed by atoms with van der Waals surface area (Å²) in [6.07, 6.45) is -1.40. The monoisotopic (exact) mass is 489 g/mol. The fourth-order valence-corrected chi connectivity index (χ4v) is 4.69. The molecule has 4 atom stereocenters. The van der Waals surface area contributed by atoms with E-state index in [4.69, 9.17) is 19.7 Å². The minimum atomic E-state index is -1.02. The van der Waals surface area contributed by atoms with Crippen LogP contribution < -0.4 is 5.32 Å². The summed E-state index contributed by atoms with van der Waals surface area (Å²) in [5, 5.41) is 30.0. The lowest BCUT2D eigenvalue weighted by molar-refractivity contribution is -0.268. The van der Waals surface area contributed by atoms with E-state index < -0.39 is 12.3 Å². The number of rotatable bonds is 11. The lowest BCUT2D eigenvalue weighted by atomic mass is 9.91. The van der Waals surface area contributed by atoms with E-state index in [0.29, 0.717) is 17.2 Å². The number of carboxylic acids is 1. The molecule has 1 aliphatic heterocycles. The Bertz CT molecular complexity index is 953. The molecule has 0 radical (unpaired) electrons. The highest BCUT2D eigenvalue weighted by Gasteiger charge is 2.38. The van der Waals surface area contributed by atoms with E-state index in [1.54, 1.807) is 30.0 Å². The van der Waals surface area contributed by atoms with Gasteiger partial charge in [-0.1, -0.05) is 43.3 Å². The Kier molecular flexibility index (Phi) is 9.91. The molecule has 1 heterocycles. The maximum atomic E-state index is 12.1. The van der Waals surface area contributed by atoms with Gasteiger partial charge < -0.3 is 30.1 Å². The molecule has 0 saturated carbocycles. The number of anilines is 1. The van der Waals surface area contributed by atoms with Gasteiger partial charge in [0, 0.05) is 35.1 Å². The van der Waals surface area contributed by atoms with Crippen LogP contribution in [0.15, 0.2) is 48.5 Å². The highest BCUT2D eigenvalue weighted by Crippen LogP contribution is 2.42. The molecule has 0 spiro atoms. The molecule has 9 heteroatoms. The molecule has 8 nitrogen and oxygen atoms in total. The van der Waals surface area contributed by atoms with Gasteiger partial charge in [0.25, 0.3) is 0 Å². The normalized spacial score (nSPS) is 22.3. The minimum Gasteiger partial charge on any atom is -0.481 e. The zero-order valence-corrected chi connectivity index (χ0v) is 19.9. The average molecular weight is 490 g/mol. The predicted molar refractivity (Wildman–Crippen MR) is 129 cm³/mol. The highest BCUT2D eigenvalue weighted by molar-refractivity contribution is 7.99. The summed E-state index contributed by atoms with van der Waals surface area (Å²) in [5.74, 6) is -0.0464. The van der Waals surface area contributed by atoms with Crippen molar-refractivity contribution in [3.63, 3.8) is 0 Å². The zero-order chi connectivity index (χ0) is 24.5. The molecule has 1 aliphatic rings. The average Bonchev–Trinajstić information content (AvgIpc) is 2.84. The lowest BCUT2D eigenvalue weighted by Crippen LogP contribution is -2.38. The largest absolute Gasteiger partial charge is 0.481 e. The van der Waals surface area contributed by atoms with Crippen LogP contribution in [0, 0.1) is 5.92 Å². The van der Waals surface area contributed by atoms with Gasteiger partial charge in [-0.15, -0.1) is 0 Å². The molecule has 34 heavy (non-hydrogen) atoms. The molecule has 0 unspecified atom stereocenters. The van der Waals surface area contributed by atoms with Crippen LogP contribution in [0.2, 0.25) is 0 Å². The molecule has 2 aromatic carbocycles. The van der Waals surface area contributed by atoms with Crippen LogP contribution in [0.5, 0.6) is 0 Å². The molecule has 1 amide bonds. The number of hydrogen-bond acceptors (Lipinski definition) is 7. The number of amides is 1. The number of benzene rings is 2. The SMILES string of the molecule is C[C@H]1[C@@H](CSCCO)O[C@@H](c2cccc(NC(=O)CCC(=O)O)c2)O[C@H]1c1ccc(CO)cc1. The number of ether oxygens (including phenoxy) is 2. The number of carbonyl (C=O) groups excluding carboxylic acids is 1. The number of hydrogen-bond donors (Lipinski definition) is 4. The maximum Gasteiger partial charge on any atom is 0.303 e. The minimum absolute atomic E-state index is 0.0293. The van der Waals surface area contributed by atoms with Gasteiger partial charge in [-0.05, 0) is 23.3 Å². The van der Waals surface area contributed by atoms with E-state index in [0.717, 1.165) is 16.7 Å². The molecule has 0 bridgehead atoms. The van der Waals surface area contributed by atoms with Gasteiger partial charge in [-0.2, -0.15) is 11.8 Å². The van der Waals surface area contributed by atoms with Gasteiger partial charge in [0.2, 0.25) is 5.91 Å². The van der Waals surface area contributed by atoms with Crippen molar-refractivity contribution in [1.82, 2.24) is 0 Å². The van der Waals surface area contributed by atoms with Gasteiger partial charge in [-0.25, -0.2) is 0 Å². The van der Waals surface area contributed by atoms with Crippen molar-refractivity contribution in [2.24, 2.45) is 5.92 Å². The van der Waals surface area contributed by atoms with E-state index in [2.05, 4.69) is 12.2 Å². The summed E-state index contributed by atoms with van der Waals surface area (Å²) < 4.78 is 12.7. The molecule has 184 valence electrons. The second kappa shape index (κ2) is 12.9. The van der Waals surface area contributed by atoms with Gasteiger partial charge in [0.1, 0.15) is 0 Å². The first-order valence-electron chi connectivity index (χ1n) is 11.2. The van der Waals surface area contributed by atoms with Crippen LogP contribution in [-0.4, -0.2) is 51.4 Å². The number of aliphatic hydroxyl groups is 2. The van der Waals surface area contributed by atoms with Crippen LogP contribution in [0.1, 0.15) is 48.8 Å². The van der Waals surface area contributed by atoms with Crippen LogP contribution in [0.25, 0.3) is 0 Å². The summed E-state index contributed by atoms with van der Waals surface area (Å²) in [4.78, 5) is 22.8. The molecular formula is C25H31NO7S. The number of carbonyl (C=O) groups is 2. The van der Waals surface area contributed by atoms with Crippen molar-refractivity contribution < 1.29 is 34.4 Å². The Hall–Kier alpha value is -2.43. The second-order valence-electron chi connectivity index (χ2n) is 8.19. The third-order valence-electron chi connectivity index (χ3n) is 5.65. The standard InChI is InChI=1S/C25H31NO7S/c1-16-21(15-34-12-11-27)32-25(33-24(16)18-7-5-17(14-28)6-8-18)19-3-2-4-20(13-19)26-22(29)9-10-23(30)31/h2-8,13,16,21,24-25,27-28H,9-12,14-15H2,1H3,(H,26,29)(H,30,31)/t16-,21+,24+,25+/m0/s1. The molecule has 2 aromatic rings. The van der Waals surface area contributed by atoms with Gasteiger partial charge in [0.05, 0.1) is 31.8 Å². The number of thioether (sulfide) groups is 1. The Morgan fingerprint density at radius 3 is 2.47 bits per heavy atom. The summed E-state index contributed by atoms with van der Waals surface area (Å²) in [6.45, 7) is 2.14. The van der Waals surface area contributed by atoms with E-state index in [1.165, 1.54) is 0 Å². The summed E-state index contributed by atoms with van der Waals surface area (Å²) in [7, 11) is 0. The Morgan fingerprint density at radius 2 is 1.79 bits per heavy atom. The van der Waals surface area contributed by atoms with E-state index in [9.17, 15) is 14.7 Å². The highest BCUT2D eigenvalue weighted by atomic mass is 32.2. The molecular weight excluding hydrogens is 458 g/mol. The van der Waals surface area contributed by atoms with Gasteiger partial charge in [0.15, 0.2) is 6.29 Å². The summed E-state index contributed by atoms with van der Waals surface area (Å²) >= 11 is 1.61. The van der Waals surface area contributed by atoms with Crippen LogP contribution in [-0.2, 0) is 25.7 Å². The number of aliphatic carboxylic acids is 1. The molecule has 0 aromatic heterocycles. The van der Waals surface area contributed by atoms with E-state index in [1.807, 2.05) is 30.3 Å². The Morgan fingerprint density at radius 1 is 1.03 bits per heavy atom. The number of nitrogens with one attached hydrogen (secondary N) is 1. The van der Waals surface area contributed by atoms with Gasteiger partial charge >= 0.3 is 5.97 Å². The van der Waals surface area contributed by atoms with Crippen LogP contribution in [0.3, 0.4) is 0 Å². The lowest BCUT2D eigenvalue weighted by Gasteiger charge is -2.41. The van der Waals surface area contributed by atoms with Crippen molar-refractivity contribution >= 4 is 29.3 Å². The quantitative estimate of drug-likeness (QED) is 0.354. The summed E-state index contributed by atoms with van der Waals surface area (Å²) in [5.41, 5.74) is 3.07. The molecule has 3 rings (SSSR count). The van der Waals surface area contributed by atoms with Crippen molar-refractivity contribution in [2.45, 2.75) is 44.9 Å². The number of carboxylic acid groups (broad SMARTS) is 1. The van der Waals surface area contributed by atoms with Crippen molar-refractivity contribution in [3.8, 4) is 0 Å². The van der Waals surface area contributed by atoms with E-state index >= 15 is 0 Å². The Balaban J connectivity index is 1.79. The maximum absolute atomic E-state index is 12.1. The smallest absolute Gasteiger partial charge is 0.303 e. The first kappa shape index (κ1) is 26.2. The van der Waals surface area contributed by atoms with E-state index in [-0.39, 0.29) is 50.1 Å². The third-order valence-corrected chi connectivity index (χ3v) is 6.69. The van der Waals surface area contributed by atoms with Crippen molar-refractivity contribution in [2.75, 3.05) is 23.4 Å². The third kappa shape index (κ3) is 7.28. The fraction of sp³-hybridized carbons (Fsp3) is 0.440. The Labute approximate surface area is 203 Å².